The lowest BCUT2D eigenvalue weighted by molar-refractivity contribution is 0.413. The summed E-state index contributed by atoms with van der Waals surface area (Å²) in [5.41, 5.74) is 2.68. The second kappa shape index (κ2) is 6.50. The minimum atomic E-state index is 0.443. The molecule has 0 bridgehead atoms. The van der Waals surface area contributed by atoms with Gasteiger partial charge in [-0.1, -0.05) is 50.9 Å². The van der Waals surface area contributed by atoms with Crippen LogP contribution in [-0.2, 0) is 5.33 Å². The summed E-state index contributed by atoms with van der Waals surface area (Å²) in [6, 6.07) is 13.1. The maximum atomic E-state index is 6.05. The molecule has 0 fully saturated rings. The van der Waals surface area contributed by atoms with Crippen LogP contribution in [0.15, 0.2) is 47.0 Å². The molecule has 0 atom stereocenters. The number of nitrogens with zero attached hydrogens (tertiary/aromatic N) is 2. The number of benzene rings is 2. The third-order valence-electron chi connectivity index (χ3n) is 3.22. The van der Waals surface area contributed by atoms with Crippen molar-refractivity contribution < 1.29 is 9.26 Å². The summed E-state index contributed by atoms with van der Waals surface area (Å²) in [6.45, 7) is 0. The van der Waals surface area contributed by atoms with Crippen LogP contribution in [0.3, 0.4) is 0 Å². The van der Waals surface area contributed by atoms with Crippen LogP contribution in [0.5, 0.6) is 5.75 Å². The molecule has 0 N–H and O–H groups in total. The van der Waals surface area contributed by atoms with Gasteiger partial charge in [0.05, 0.1) is 12.7 Å². The zero-order valence-electron chi connectivity index (χ0n) is 11.7. The molecular weight excluding hydrogens is 368 g/mol. The molecule has 0 saturated carbocycles. The first kappa shape index (κ1) is 15.1. The lowest BCUT2D eigenvalue weighted by Gasteiger charge is -2.04. The Morgan fingerprint density at radius 1 is 1.18 bits per heavy atom. The zero-order chi connectivity index (χ0) is 15.5. The molecule has 2 aromatic carbocycles. The van der Waals surface area contributed by atoms with E-state index in [0.29, 0.717) is 33.4 Å². The Balaban J connectivity index is 2.06. The average molecular weight is 380 g/mol. The van der Waals surface area contributed by atoms with Crippen molar-refractivity contribution in [1.82, 2.24) is 10.1 Å². The summed E-state index contributed by atoms with van der Waals surface area (Å²) in [7, 11) is 1.59. The Bertz CT molecular complexity index is 804. The van der Waals surface area contributed by atoms with Gasteiger partial charge in [-0.2, -0.15) is 4.98 Å². The third-order valence-corrected chi connectivity index (χ3v) is 4.06. The van der Waals surface area contributed by atoms with Gasteiger partial charge in [0.2, 0.25) is 5.82 Å². The Labute approximate surface area is 141 Å². The van der Waals surface area contributed by atoms with Crippen LogP contribution in [0, 0.1) is 0 Å². The van der Waals surface area contributed by atoms with Gasteiger partial charge in [-0.3, -0.25) is 0 Å². The lowest BCUT2D eigenvalue weighted by atomic mass is 10.1. The quantitative estimate of drug-likeness (QED) is 0.601. The molecule has 0 aliphatic heterocycles. The van der Waals surface area contributed by atoms with Crippen LogP contribution in [-0.4, -0.2) is 17.3 Å². The van der Waals surface area contributed by atoms with E-state index in [1.165, 1.54) is 0 Å². The number of hydrogen-bond donors (Lipinski definition) is 0. The lowest BCUT2D eigenvalue weighted by Crippen LogP contribution is -1.90. The Kier molecular flexibility index (Phi) is 4.45. The normalized spacial score (nSPS) is 10.7. The molecule has 4 nitrogen and oxygen atoms in total. The second-order valence-electron chi connectivity index (χ2n) is 4.56. The van der Waals surface area contributed by atoms with Crippen molar-refractivity contribution >= 4 is 27.5 Å². The number of hydrogen-bond acceptors (Lipinski definition) is 4. The molecule has 0 aliphatic carbocycles. The number of rotatable bonds is 4. The topological polar surface area (TPSA) is 48.2 Å². The van der Waals surface area contributed by atoms with Crippen LogP contribution >= 0.6 is 27.5 Å². The Morgan fingerprint density at radius 2 is 2.00 bits per heavy atom. The fourth-order valence-electron chi connectivity index (χ4n) is 2.14. The minimum absolute atomic E-state index is 0.443. The van der Waals surface area contributed by atoms with E-state index in [4.69, 9.17) is 20.9 Å². The van der Waals surface area contributed by atoms with E-state index in [1.807, 2.05) is 24.3 Å². The SMILES string of the molecule is COc1ccc(Cl)cc1-c1noc(-c2ccccc2CBr)n1. The first-order chi connectivity index (χ1) is 10.7. The molecule has 3 aromatic rings. The molecule has 1 aromatic heterocycles. The van der Waals surface area contributed by atoms with Crippen molar-refractivity contribution in [2.24, 2.45) is 0 Å². The third kappa shape index (κ3) is 2.87. The number of alkyl halides is 1. The van der Waals surface area contributed by atoms with Crippen molar-refractivity contribution in [3.8, 4) is 28.6 Å². The summed E-state index contributed by atoms with van der Waals surface area (Å²) < 4.78 is 10.7. The highest BCUT2D eigenvalue weighted by atomic mass is 79.9. The smallest absolute Gasteiger partial charge is 0.258 e. The molecule has 6 heteroatoms. The number of methoxy groups -OCH3 is 1. The van der Waals surface area contributed by atoms with E-state index in [0.717, 1.165) is 11.1 Å². The van der Waals surface area contributed by atoms with E-state index in [2.05, 4.69) is 26.1 Å². The van der Waals surface area contributed by atoms with Crippen LogP contribution < -0.4 is 4.74 Å². The van der Waals surface area contributed by atoms with E-state index >= 15 is 0 Å². The number of halogens is 2. The largest absolute Gasteiger partial charge is 0.496 e. The van der Waals surface area contributed by atoms with Gasteiger partial charge in [-0.15, -0.1) is 0 Å². The van der Waals surface area contributed by atoms with Gasteiger partial charge >= 0.3 is 0 Å². The Hall–Kier alpha value is -1.85. The number of ether oxygens (including phenoxy) is 1. The van der Waals surface area contributed by atoms with Crippen LogP contribution in [0.1, 0.15) is 5.56 Å². The molecule has 0 unspecified atom stereocenters. The zero-order valence-corrected chi connectivity index (χ0v) is 14.1. The van der Waals surface area contributed by atoms with E-state index in [-0.39, 0.29) is 0 Å². The highest BCUT2D eigenvalue weighted by Crippen LogP contribution is 2.32. The van der Waals surface area contributed by atoms with Gasteiger partial charge in [0.15, 0.2) is 0 Å². The molecule has 0 aliphatic rings. The van der Waals surface area contributed by atoms with Crippen molar-refractivity contribution in [3.05, 3.63) is 53.1 Å². The van der Waals surface area contributed by atoms with E-state index in [1.54, 1.807) is 25.3 Å². The van der Waals surface area contributed by atoms with Gasteiger partial charge in [0.25, 0.3) is 5.89 Å². The second-order valence-corrected chi connectivity index (χ2v) is 5.56. The molecular formula is C16H12BrClN2O2. The Morgan fingerprint density at radius 3 is 2.77 bits per heavy atom. The summed E-state index contributed by atoms with van der Waals surface area (Å²) in [4.78, 5) is 4.47. The van der Waals surface area contributed by atoms with Crippen LogP contribution in [0.25, 0.3) is 22.8 Å². The predicted octanol–water partition coefficient (Wildman–Crippen LogP) is 4.96. The summed E-state index contributed by atoms with van der Waals surface area (Å²) in [6.07, 6.45) is 0. The maximum absolute atomic E-state index is 6.05. The fourth-order valence-corrected chi connectivity index (χ4v) is 2.80. The summed E-state index contributed by atoms with van der Waals surface area (Å²) >= 11 is 9.51. The highest BCUT2D eigenvalue weighted by molar-refractivity contribution is 9.08. The summed E-state index contributed by atoms with van der Waals surface area (Å²) in [5.74, 6) is 1.55. The van der Waals surface area contributed by atoms with Gasteiger partial charge < -0.3 is 9.26 Å². The van der Waals surface area contributed by atoms with Crippen LogP contribution in [0.2, 0.25) is 5.02 Å². The van der Waals surface area contributed by atoms with Gasteiger partial charge in [-0.05, 0) is 29.8 Å². The first-order valence-electron chi connectivity index (χ1n) is 6.55. The molecule has 0 spiro atoms. The standard InChI is InChI=1S/C16H12BrClN2O2/c1-21-14-7-6-11(18)8-13(14)15-19-16(22-20-15)12-5-3-2-4-10(12)9-17/h2-8H,9H2,1H3. The molecule has 0 radical (unpaired) electrons. The van der Waals surface area contributed by atoms with Crippen molar-refractivity contribution in [3.63, 3.8) is 0 Å². The first-order valence-corrected chi connectivity index (χ1v) is 8.04. The molecule has 112 valence electrons. The summed E-state index contributed by atoms with van der Waals surface area (Å²) in [5, 5.41) is 5.34. The maximum Gasteiger partial charge on any atom is 0.258 e. The molecule has 3 rings (SSSR count). The monoisotopic (exact) mass is 378 g/mol. The van der Waals surface area contributed by atoms with Gasteiger partial charge in [-0.25, -0.2) is 0 Å². The number of aromatic nitrogens is 2. The molecule has 0 saturated heterocycles. The predicted molar refractivity (Wildman–Crippen MR) is 89.4 cm³/mol. The van der Waals surface area contributed by atoms with Crippen molar-refractivity contribution in [2.45, 2.75) is 5.33 Å². The van der Waals surface area contributed by atoms with Crippen molar-refractivity contribution in [2.75, 3.05) is 7.11 Å². The fraction of sp³-hybridized carbons (Fsp3) is 0.125. The van der Waals surface area contributed by atoms with Gasteiger partial charge in [0, 0.05) is 15.9 Å². The highest BCUT2D eigenvalue weighted by Gasteiger charge is 2.16. The molecule has 0 amide bonds. The van der Waals surface area contributed by atoms with E-state index in [9.17, 15) is 0 Å². The van der Waals surface area contributed by atoms with Crippen molar-refractivity contribution in [1.29, 1.82) is 0 Å². The van der Waals surface area contributed by atoms with Crippen LogP contribution in [0.4, 0.5) is 0 Å². The van der Waals surface area contributed by atoms with E-state index < -0.39 is 0 Å². The minimum Gasteiger partial charge on any atom is -0.496 e. The van der Waals surface area contributed by atoms with Gasteiger partial charge in [0.1, 0.15) is 5.75 Å². The molecule has 22 heavy (non-hydrogen) atoms. The molecule has 1 heterocycles. The average Bonchev–Trinajstić information content (AvgIpc) is 3.04.